The first-order chi connectivity index (χ1) is 6.06. The van der Waals surface area contributed by atoms with Crippen molar-refractivity contribution in [3.8, 4) is 0 Å². The van der Waals surface area contributed by atoms with Crippen LogP contribution < -0.4 is 0 Å². The van der Waals surface area contributed by atoms with Gasteiger partial charge in [-0.1, -0.05) is 0 Å². The van der Waals surface area contributed by atoms with Gasteiger partial charge in [-0.25, -0.2) is 8.42 Å². The number of rotatable bonds is 8. The van der Waals surface area contributed by atoms with E-state index in [4.69, 9.17) is 9.84 Å². The fourth-order valence-corrected chi connectivity index (χ4v) is 2.72. The lowest BCUT2D eigenvalue weighted by Gasteiger charge is -2.01. The second-order valence-corrected chi connectivity index (χ2v) is 6.06. The maximum absolute atomic E-state index is 10.7. The van der Waals surface area contributed by atoms with E-state index in [1.54, 1.807) is 11.8 Å². The largest absolute Gasteiger partial charge is 0.394 e. The summed E-state index contributed by atoms with van der Waals surface area (Å²) in [6.45, 7) is 0.954. The molecule has 0 aromatic carbocycles. The number of hydrogen-bond donors (Lipinski definition) is 1. The van der Waals surface area contributed by atoms with Gasteiger partial charge in [-0.05, 0) is 0 Å². The predicted octanol–water partition coefficient (Wildman–Crippen LogP) is -0.227. The maximum Gasteiger partial charge on any atom is 0.148 e. The Balaban J connectivity index is 3.09. The van der Waals surface area contributed by atoms with Gasteiger partial charge >= 0.3 is 0 Å². The number of thioether (sulfide) groups is 1. The predicted molar refractivity (Wildman–Crippen MR) is 54.9 cm³/mol. The number of sulfone groups is 1. The van der Waals surface area contributed by atoms with E-state index >= 15 is 0 Å². The zero-order chi connectivity index (χ0) is 10.2. The number of aliphatic hydroxyl groups excluding tert-OH is 1. The number of aliphatic hydroxyl groups is 1. The minimum atomic E-state index is -2.82. The molecule has 80 valence electrons. The van der Waals surface area contributed by atoms with Crippen molar-refractivity contribution in [3.63, 3.8) is 0 Å². The Hall–Kier alpha value is 0.220. The Morgan fingerprint density at radius 3 is 2.54 bits per heavy atom. The van der Waals surface area contributed by atoms with Gasteiger partial charge in [-0.15, -0.1) is 0 Å². The van der Waals surface area contributed by atoms with Crippen molar-refractivity contribution < 1.29 is 18.3 Å². The summed E-state index contributed by atoms with van der Waals surface area (Å²) in [7, 11) is -2.82. The Morgan fingerprint density at radius 1 is 1.31 bits per heavy atom. The van der Waals surface area contributed by atoms with Gasteiger partial charge in [-0.3, -0.25) is 0 Å². The van der Waals surface area contributed by atoms with Crippen LogP contribution in [0.2, 0.25) is 0 Å². The van der Waals surface area contributed by atoms with Crippen LogP contribution in [0.4, 0.5) is 0 Å². The van der Waals surface area contributed by atoms with E-state index in [2.05, 4.69) is 0 Å². The van der Waals surface area contributed by atoms with E-state index in [9.17, 15) is 8.42 Å². The lowest BCUT2D eigenvalue weighted by molar-refractivity contribution is 0.103. The Labute approximate surface area is 83.6 Å². The molecule has 0 aromatic rings. The second kappa shape index (κ2) is 7.61. The Bertz CT molecular complexity index is 201. The Morgan fingerprint density at radius 2 is 2.00 bits per heavy atom. The third kappa shape index (κ3) is 12.2. The van der Waals surface area contributed by atoms with E-state index in [0.29, 0.717) is 19.0 Å². The molecule has 13 heavy (non-hydrogen) atoms. The average molecular weight is 228 g/mol. The summed E-state index contributed by atoms with van der Waals surface area (Å²) in [5.74, 6) is 1.61. The molecular formula is C7H16O4S2. The van der Waals surface area contributed by atoms with Crippen molar-refractivity contribution in [1.82, 2.24) is 0 Å². The van der Waals surface area contributed by atoms with Gasteiger partial charge in [0.15, 0.2) is 0 Å². The number of ether oxygens (including phenoxy) is 1. The van der Waals surface area contributed by atoms with Crippen LogP contribution in [0.1, 0.15) is 0 Å². The Kier molecular flexibility index (Phi) is 7.74. The van der Waals surface area contributed by atoms with E-state index < -0.39 is 9.84 Å². The lowest BCUT2D eigenvalue weighted by atomic mass is 10.7. The second-order valence-electron chi connectivity index (χ2n) is 2.58. The molecule has 0 atom stereocenters. The fraction of sp³-hybridized carbons (Fsp3) is 1.00. The van der Waals surface area contributed by atoms with Gasteiger partial charge in [-0.2, -0.15) is 11.8 Å². The maximum atomic E-state index is 10.7. The summed E-state index contributed by atoms with van der Waals surface area (Å²) in [5.41, 5.74) is 0. The summed E-state index contributed by atoms with van der Waals surface area (Å²) in [6.07, 6.45) is 1.23. The van der Waals surface area contributed by atoms with E-state index in [1.807, 2.05) is 0 Å². The molecule has 0 unspecified atom stereocenters. The summed E-state index contributed by atoms with van der Waals surface area (Å²) >= 11 is 1.54. The van der Waals surface area contributed by atoms with Gasteiger partial charge in [0.25, 0.3) is 0 Å². The van der Waals surface area contributed by atoms with E-state index in [0.717, 1.165) is 5.75 Å². The molecule has 0 saturated carbocycles. The zero-order valence-corrected chi connectivity index (χ0v) is 9.36. The van der Waals surface area contributed by atoms with Crippen molar-refractivity contribution in [1.29, 1.82) is 0 Å². The summed E-state index contributed by atoms with van der Waals surface area (Å²) in [6, 6.07) is 0. The molecule has 0 aliphatic carbocycles. The summed E-state index contributed by atoms with van der Waals surface area (Å²) in [4.78, 5) is 0. The smallest absolute Gasteiger partial charge is 0.148 e. The third-order valence-corrected chi connectivity index (χ3v) is 3.36. The average Bonchev–Trinajstić information content (AvgIpc) is 2.01. The van der Waals surface area contributed by atoms with Crippen LogP contribution >= 0.6 is 11.8 Å². The van der Waals surface area contributed by atoms with E-state index in [1.165, 1.54) is 6.26 Å². The molecule has 4 nitrogen and oxygen atoms in total. The van der Waals surface area contributed by atoms with Gasteiger partial charge in [0, 0.05) is 17.8 Å². The van der Waals surface area contributed by atoms with Gasteiger partial charge in [0.1, 0.15) is 9.84 Å². The quantitative estimate of drug-likeness (QED) is 0.582. The van der Waals surface area contributed by atoms with Crippen LogP contribution in [0, 0.1) is 0 Å². The van der Waals surface area contributed by atoms with Crippen molar-refractivity contribution >= 4 is 21.6 Å². The molecule has 6 heteroatoms. The van der Waals surface area contributed by atoms with Crippen LogP contribution in [0.5, 0.6) is 0 Å². The highest BCUT2D eigenvalue weighted by atomic mass is 32.2. The first-order valence-corrected chi connectivity index (χ1v) is 7.22. The SMILES string of the molecule is CS(=O)(=O)CCSCCOCCO. The van der Waals surface area contributed by atoms with E-state index in [-0.39, 0.29) is 12.4 Å². The lowest BCUT2D eigenvalue weighted by Crippen LogP contribution is -2.07. The first kappa shape index (κ1) is 13.2. The van der Waals surface area contributed by atoms with Crippen LogP contribution in [0.3, 0.4) is 0 Å². The van der Waals surface area contributed by atoms with Gasteiger partial charge < -0.3 is 9.84 Å². The van der Waals surface area contributed by atoms with Crippen molar-refractivity contribution in [2.75, 3.05) is 43.3 Å². The molecule has 0 saturated heterocycles. The first-order valence-electron chi connectivity index (χ1n) is 4.00. The molecule has 0 rings (SSSR count). The molecule has 0 spiro atoms. The van der Waals surface area contributed by atoms with Crippen LogP contribution in [-0.2, 0) is 14.6 Å². The molecule has 0 fully saturated rings. The highest BCUT2D eigenvalue weighted by Crippen LogP contribution is 2.00. The molecule has 0 aliphatic heterocycles. The molecular weight excluding hydrogens is 212 g/mol. The highest BCUT2D eigenvalue weighted by molar-refractivity contribution is 8.00. The highest BCUT2D eigenvalue weighted by Gasteiger charge is 2.00. The summed E-state index contributed by atoms with van der Waals surface area (Å²) < 4.78 is 26.4. The minimum absolute atomic E-state index is 0.0357. The third-order valence-electron chi connectivity index (χ3n) is 1.21. The van der Waals surface area contributed by atoms with Crippen molar-refractivity contribution in [2.24, 2.45) is 0 Å². The minimum Gasteiger partial charge on any atom is -0.394 e. The molecule has 0 bridgehead atoms. The monoisotopic (exact) mass is 228 g/mol. The normalized spacial score (nSPS) is 11.8. The molecule has 1 N–H and O–H groups in total. The van der Waals surface area contributed by atoms with Gasteiger partial charge in [0.2, 0.25) is 0 Å². The fourth-order valence-electron chi connectivity index (χ4n) is 0.597. The van der Waals surface area contributed by atoms with Crippen molar-refractivity contribution in [3.05, 3.63) is 0 Å². The molecule has 0 amide bonds. The standard InChI is InChI=1S/C7H16O4S2/c1-13(9,10)7-6-12-5-4-11-3-2-8/h8H,2-7H2,1H3. The molecule has 0 radical (unpaired) electrons. The molecule has 0 aliphatic rings. The van der Waals surface area contributed by atoms with Crippen LogP contribution in [0.15, 0.2) is 0 Å². The van der Waals surface area contributed by atoms with Crippen LogP contribution in [-0.4, -0.2) is 56.9 Å². The summed E-state index contributed by atoms with van der Waals surface area (Å²) in [5, 5.41) is 8.36. The van der Waals surface area contributed by atoms with Crippen LogP contribution in [0.25, 0.3) is 0 Å². The molecule has 0 aromatic heterocycles. The van der Waals surface area contributed by atoms with Crippen molar-refractivity contribution in [2.45, 2.75) is 0 Å². The molecule has 0 heterocycles. The zero-order valence-electron chi connectivity index (χ0n) is 7.73. The number of hydrogen-bond acceptors (Lipinski definition) is 5. The topological polar surface area (TPSA) is 63.6 Å². The van der Waals surface area contributed by atoms with Gasteiger partial charge in [0.05, 0.1) is 25.6 Å².